The third-order valence-electron chi connectivity index (χ3n) is 2.78. The smallest absolute Gasteiger partial charge is 0.254 e. The molecule has 1 aromatic rings. The minimum absolute atomic E-state index is 0.0204. The Balaban J connectivity index is 3.06. The van der Waals surface area contributed by atoms with Gasteiger partial charge in [-0.3, -0.25) is 4.79 Å². The highest BCUT2D eigenvalue weighted by Gasteiger charge is 2.16. The number of carbonyl (C=O) groups is 1. The number of hydrogen-bond acceptors (Lipinski definition) is 2. The van der Waals surface area contributed by atoms with Crippen LogP contribution in [0.4, 0.5) is 0 Å². The minimum atomic E-state index is -0.0204. The van der Waals surface area contributed by atoms with Crippen molar-refractivity contribution in [2.75, 3.05) is 13.1 Å². The standard InChI is InChI=1S/C15H21ClN2O/c1-5-7-18(8-6-2)15(19)12-9-13(11(3)4)17-14(16)10-12/h5,9-11H,1,6-8H2,2-4H3. The summed E-state index contributed by atoms with van der Waals surface area (Å²) in [5.74, 6) is 0.220. The van der Waals surface area contributed by atoms with Gasteiger partial charge < -0.3 is 4.90 Å². The molecule has 1 rings (SSSR count). The molecule has 0 unspecified atom stereocenters. The normalized spacial score (nSPS) is 10.6. The summed E-state index contributed by atoms with van der Waals surface area (Å²) in [6, 6.07) is 3.45. The average Bonchev–Trinajstić information content (AvgIpc) is 2.37. The highest BCUT2D eigenvalue weighted by atomic mass is 35.5. The largest absolute Gasteiger partial charge is 0.335 e. The van der Waals surface area contributed by atoms with E-state index in [0.717, 1.165) is 12.1 Å². The molecule has 0 aliphatic carbocycles. The van der Waals surface area contributed by atoms with E-state index in [1.165, 1.54) is 0 Å². The number of pyridine rings is 1. The summed E-state index contributed by atoms with van der Waals surface area (Å²) >= 11 is 5.99. The number of hydrogen-bond donors (Lipinski definition) is 0. The molecule has 0 bridgehead atoms. The third-order valence-corrected chi connectivity index (χ3v) is 2.98. The molecule has 1 aromatic heterocycles. The highest BCUT2D eigenvalue weighted by Crippen LogP contribution is 2.19. The molecule has 0 N–H and O–H groups in total. The zero-order valence-electron chi connectivity index (χ0n) is 11.8. The first-order valence-electron chi connectivity index (χ1n) is 6.57. The Bertz CT molecular complexity index is 457. The van der Waals surface area contributed by atoms with Crippen LogP contribution in [0.15, 0.2) is 24.8 Å². The van der Waals surface area contributed by atoms with E-state index in [-0.39, 0.29) is 11.8 Å². The van der Waals surface area contributed by atoms with E-state index in [9.17, 15) is 4.79 Å². The molecule has 3 nitrogen and oxygen atoms in total. The SMILES string of the molecule is C=CCN(CCC)C(=O)c1cc(Cl)nc(C(C)C)c1. The van der Waals surface area contributed by atoms with Crippen molar-refractivity contribution < 1.29 is 4.79 Å². The lowest BCUT2D eigenvalue weighted by molar-refractivity contribution is 0.0773. The van der Waals surface area contributed by atoms with Crippen molar-refractivity contribution in [1.29, 1.82) is 0 Å². The monoisotopic (exact) mass is 280 g/mol. The lowest BCUT2D eigenvalue weighted by Gasteiger charge is -2.21. The fourth-order valence-corrected chi connectivity index (χ4v) is 2.04. The van der Waals surface area contributed by atoms with Crippen LogP contribution in [-0.2, 0) is 0 Å². The van der Waals surface area contributed by atoms with Gasteiger partial charge in [0, 0.05) is 24.3 Å². The van der Waals surface area contributed by atoms with Gasteiger partial charge in [0.25, 0.3) is 5.91 Å². The van der Waals surface area contributed by atoms with E-state index in [0.29, 0.717) is 23.8 Å². The first kappa shape index (κ1) is 15.7. The molecular weight excluding hydrogens is 260 g/mol. The van der Waals surface area contributed by atoms with Crippen LogP contribution in [0.1, 0.15) is 49.2 Å². The van der Waals surface area contributed by atoms with Gasteiger partial charge in [-0.1, -0.05) is 38.4 Å². The number of halogens is 1. The fourth-order valence-electron chi connectivity index (χ4n) is 1.82. The molecule has 0 saturated carbocycles. The molecule has 4 heteroatoms. The maximum atomic E-state index is 12.4. The average molecular weight is 281 g/mol. The van der Waals surface area contributed by atoms with Crippen molar-refractivity contribution in [2.45, 2.75) is 33.1 Å². The molecule has 19 heavy (non-hydrogen) atoms. The number of nitrogens with zero attached hydrogens (tertiary/aromatic N) is 2. The van der Waals surface area contributed by atoms with E-state index in [1.807, 2.05) is 26.8 Å². The predicted octanol–water partition coefficient (Wildman–Crippen LogP) is 3.90. The molecule has 0 aromatic carbocycles. The molecular formula is C15H21ClN2O. The summed E-state index contributed by atoms with van der Waals surface area (Å²) in [6.45, 7) is 11.0. The van der Waals surface area contributed by atoms with Crippen molar-refractivity contribution >= 4 is 17.5 Å². The minimum Gasteiger partial charge on any atom is -0.335 e. The quantitative estimate of drug-likeness (QED) is 0.585. The zero-order valence-corrected chi connectivity index (χ0v) is 12.6. The summed E-state index contributed by atoms with van der Waals surface area (Å²) in [5.41, 5.74) is 1.44. The van der Waals surface area contributed by atoms with Gasteiger partial charge in [-0.05, 0) is 24.5 Å². The first-order chi connectivity index (χ1) is 8.99. The first-order valence-corrected chi connectivity index (χ1v) is 6.95. The van der Waals surface area contributed by atoms with Gasteiger partial charge in [-0.25, -0.2) is 4.98 Å². The van der Waals surface area contributed by atoms with Crippen LogP contribution in [0, 0.1) is 0 Å². The van der Waals surface area contributed by atoms with Gasteiger partial charge in [-0.2, -0.15) is 0 Å². The Morgan fingerprint density at radius 3 is 2.74 bits per heavy atom. The van der Waals surface area contributed by atoms with Crippen LogP contribution in [-0.4, -0.2) is 28.9 Å². The third kappa shape index (κ3) is 4.35. The molecule has 0 atom stereocenters. The number of carbonyl (C=O) groups excluding carboxylic acids is 1. The second kappa shape index (κ2) is 7.29. The Hall–Kier alpha value is -1.35. The van der Waals surface area contributed by atoms with E-state index in [2.05, 4.69) is 11.6 Å². The van der Waals surface area contributed by atoms with Crippen LogP contribution >= 0.6 is 11.6 Å². The molecule has 0 aliphatic heterocycles. The van der Waals surface area contributed by atoms with E-state index in [4.69, 9.17) is 11.6 Å². The van der Waals surface area contributed by atoms with Crippen LogP contribution in [0.3, 0.4) is 0 Å². The maximum absolute atomic E-state index is 12.4. The second-order valence-electron chi connectivity index (χ2n) is 4.80. The lowest BCUT2D eigenvalue weighted by Crippen LogP contribution is -2.32. The van der Waals surface area contributed by atoms with Gasteiger partial charge in [0.15, 0.2) is 0 Å². The fraction of sp³-hybridized carbons (Fsp3) is 0.467. The summed E-state index contributed by atoms with van der Waals surface area (Å²) in [4.78, 5) is 18.5. The molecule has 1 heterocycles. The van der Waals surface area contributed by atoms with Crippen molar-refractivity contribution in [3.63, 3.8) is 0 Å². The molecule has 1 amide bonds. The summed E-state index contributed by atoms with van der Waals surface area (Å²) in [6.07, 6.45) is 2.65. The number of amides is 1. The topological polar surface area (TPSA) is 33.2 Å². The Kier molecular flexibility index (Phi) is 6.03. The lowest BCUT2D eigenvalue weighted by atomic mass is 10.1. The highest BCUT2D eigenvalue weighted by molar-refractivity contribution is 6.29. The van der Waals surface area contributed by atoms with Crippen LogP contribution in [0.5, 0.6) is 0 Å². The van der Waals surface area contributed by atoms with Crippen molar-refractivity contribution in [2.24, 2.45) is 0 Å². The van der Waals surface area contributed by atoms with Crippen molar-refractivity contribution in [3.8, 4) is 0 Å². The molecule has 0 fully saturated rings. The van der Waals surface area contributed by atoms with Crippen LogP contribution < -0.4 is 0 Å². The van der Waals surface area contributed by atoms with Crippen LogP contribution in [0.25, 0.3) is 0 Å². The van der Waals surface area contributed by atoms with E-state index >= 15 is 0 Å². The van der Waals surface area contributed by atoms with Gasteiger partial charge >= 0.3 is 0 Å². The second-order valence-corrected chi connectivity index (χ2v) is 5.19. The van der Waals surface area contributed by atoms with E-state index in [1.54, 1.807) is 17.0 Å². The number of aromatic nitrogens is 1. The maximum Gasteiger partial charge on any atom is 0.254 e. The Morgan fingerprint density at radius 1 is 1.53 bits per heavy atom. The Morgan fingerprint density at radius 2 is 2.21 bits per heavy atom. The van der Waals surface area contributed by atoms with Gasteiger partial charge in [0.1, 0.15) is 5.15 Å². The van der Waals surface area contributed by atoms with Crippen molar-refractivity contribution in [3.05, 3.63) is 41.2 Å². The summed E-state index contributed by atoms with van der Waals surface area (Å²) in [7, 11) is 0. The molecule has 0 saturated heterocycles. The summed E-state index contributed by atoms with van der Waals surface area (Å²) in [5, 5.41) is 0.365. The molecule has 0 spiro atoms. The number of rotatable bonds is 6. The predicted molar refractivity (Wildman–Crippen MR) is 79.7 cm³/mol. The van der Waals surface area contributed by atoms with E-state index < -0.39 is 0 Å². The summed E-state index contributed by atoms with van der Waals surface area (Å²) < 4.78 is 0. The molecule has 0 radical (unpaired) electrons. The molecule has 104 valence electrons. The van der Waals surface area contributed by atoms with Crippen LogP contribution in [0.2, 0.25) is 5.15 Å². The molecule has 0 aliphatic rings. The van der Waals surface area contributed by atoms with Crippen molar-refractivity contribution in [1.82, 2.24) is 9.88 Å². The van der Waals surface area contributed by atoms with Gasteiger partial charge in [-0.15, -0.1) is 6.58 Å². The van der Waals surface area contributed by atoms with Gasteiger partial charge in [0.2, 0.25) is 0 Å². The zero-order chi connectivity index (χ0) is 14.4. The Labute approximate surface area is 120 Å². The van der Waals surface area contributed by atoms with Gasteiger partial charge in [0.05, 0.1) is 0 Å².